The van der Waals surface area contributed by atoms with Crippen molar-refractivity contribution in [2.24, 2.45) is 11.3 Å². The van der Waals surface area contributed by atoms with Crippen LogP contribution in [-0.4, -0.2) is 22.8 Å². The molecule has 0 bridgehead atoms. The van der Waals surface area contributed by atoms with Gasteiger partial charge in [-0.1, -0.05) is 27.2 Å². The number of rotatable bonds is 2. The summed E-state index contributed by atoms with van der Waals surface area (Å²) in [6.45, 7) is 7.11. The van der Waals surface area contributed by atoms with Gasteiger partial charge in [-0.05, 0) is 49.2 Å². The molecule has 0 atom stereocenters. The summed E-state index contributed by atoms with van der Waals surface area (Å²) < 4.78 is 0. The molecule has 0 aromatic heterocycles. The lowest BCUT2D eigenvalue weighted by Gasteiger charge is -2.43. The van der Waals surface area contributed by atoms with Crippen molar-refractivity contribution in [3.8, 4) is 0 Å². The highest BCUT2D eigenvalue weighted by molar-refractivity contribution is 7.80. The molecule has 98 valence electrons. The van der Waals surface area contributed by atoms with Crippen LogP contribution in [0.25, 0.3) is 0 Å². The van der Waals surface area contributed by atoms with Gasteiger partial charge < -0.3 is 5.32 Å². The minimum Gasteiger partial charge on any atom is -0.342 e. The maximum atomic E-state index is 5.27. The summed E-state index contributed by atoms with van der Waals surface area (Å²) in [5, 5.41) is 6.23. The molecule has 0 unspecified atom stereocenters. The summed E-state index contributed by atoms with van der Waals surface area (Å²) in [6.07, 6.45) is 6.19. The molecule has 3 nitrogen and oxygen atoms in total. The Morgan fingerprint density at radius 1 is 1.41 bits per heavy atom. The lowest BCUT2D eigenvalue weighted by atomic mass is 9.67. The quantitative estimate of drug-likeness (QED) is 0.742. The SMILES string of the molecule is CCC(C)(C)C1CCC2(CC1)NC(=S)N(C)N2. The molecule has 0 radical (unpaired) electrons. The highest BCUT2D eigenvalue weighted by Crippen LogP contribution is 2.43. The van der Waals surface area contributed by atoms with Crippen LogP contribution in [-0.2, 0) is 0 Å². The van der Waals surface area contributed by atoms with Gasteiger partial charge in [-0.25, -0.2) is 5.43 Å². The smallest absolute Gasteiger partial charge is 0.184 e. The lowest BCUT2D eigenvalue weighted by Crippen LogP contribution is -2.53. The molecular formula is C13H25N3S. The first-order valence-electron chi connectivity index (χ1n) is 6.72. The van der Waals surface area contributed by atoms with E-state index in [4.69, 9.17) is 12.2 Å². The minimum absolute atomic E-state index is 0.0478. The van der Waals surface area contributed by atoms with Gasteiger partial charge in [0, 0.05) is 7.05 Å². The van der Waals surface area contributed by atoms with Crippen molar-refractivity contribution >= 4 is 17.3 Å². The van der Waals surface area contributed by atoms with E-state index in [0.29, 0.717) is 5.41 Å². The highest BCUT2D eigenvalue weighted by atomic mass is 32.1. The van der Waals surface area contributed by atoms with Crippen LogP contribution in [0.4, 0.5) is 0 Å². The van der Waals surface area contributed by atoms with Crippen molar-refractivity contribution in [3.05, 3.63) is 0 Å². The Kier molecular flexibility index (Phi) is 3.38. The second-order valence-corrected chi connectivity index (χ2v) is 6.69. The molecule has 2 rings (SSSR count). The molecule has 1 saturated carbocycles. The largest absolute Gasteiger partial charge is 0.342 e. The predicted octanol–water partition coefficient (Wildman–Crippen LogP) is 2.63. The van der Waals surface area contributed by atoms with Gasteiger partial charge in [0.1, 0.15) is 5.66 Å². The van der Waals surface area contributed by atoms with Crippen molar-refractivity contribution in [1.29, 1.82) is 0 Å². The molecule has 2 N–H and O–H groups in total. The highest BCUT2D eigenvalue weighted by Gasteiger charge is 2.44. The summed E-state index contributed by atoms with van der Waals surface area (Å²) >= 11 is 5.27. The van der Waals surface area contributed by atoms with Crippen LogP contribution in [0.15, 0.2) is 0 Å². The summed E-state index contributed by atoms with van der Waals surface area (Å²) in [5.74, 6) is 0.848. The van der Waals surface area contributed by atoms with Gasteiger partial charge in [0.05, 0.1) is 0 Å². The van der Waals surface area contributed by atoms with E-state index in [9.17, 15) is 0 Å². The number of hydrogen-bond donors (Lipinski definition) is 2. The zero-order valence-electron chi connectivity index (χ0n) is 11.5. The first-order chi connectivity index (χ1) is 7.88. The minimum atomic E-state index is 0.0478. The summed E-state index contributed by atoms with van der Waals surface area (Å²) in [6, 6.07) is 0. The molecule has 4 heteroatoms. The van der Waals surface area contributed by atoms with E-state index >= 15 is 0 Å². The normalized spacial score (nSPS) is 34.2. The number of hydrogen-bond acceptors (Lipinski definition) is 2. The van der Waals surface area contributed by atoms with Gasteiger partial charge >= 0.3 is 0 Å². The van der Waals surface area contributed by atoms with Gasteiger partial charge in [-0.3, -0.25) is 5.01 Å². The van der Waals surface area contributed by atoms with Crippen LogP contribution in [0.5, 0.6) is 0 Å². The standard InChI is InChI=1S/C13H25N3S/c1-5-12(2,3)10-6-8-13(9-7-10)14-11(17)16(4)15-13/h10,15H,5-9H2,1-4H3,(H,14,17). The average Bonchev–Trinajstić information content (AvgIpc) is 2.55. The Morgan fingerprint density at radius 3 is 2.41 bits per heavy atom. The van der Waals surface area contributed by atoms with Gasteiger partial charge in [-0.2, -0.15) is 0 Å². The molecule has 1 heterocycles. The zero-order valence-corrected chi connectivity index (χ0v) is 12.3. The molecular weight excluding hydrogens is 230 g/mol. The van der Waals surface area contributed by atoms with Crippen LogP contribution in [0, 0.1) is 11.3 Å². The van der Waals surface area contributed by atoms with Gasteiger partial charge in [0.15, 0.2) is 5.11 Å². The number of hydrazine groups is 1. The summed E-state index contributed by atoms with van der Waals surface area (Å²) in [5.41, 5.74) is 4.02. The molecule has 2 aliphatic rings. The number of nitrogens with zero attached hydrogens (tertiary/aromatic N) is 1. The Labute approximate surface area is 110 Å². The first-order valence-corrected chi connectivity index (χ1v) is 7.13. The zero-order chi connectivity index (χ0) is 12.7. The molecule has 2 fully saturated rings. The molecule has 17 heavy (non-hydrogen) atoms. The van der Waals surface area contributed by atoms with Gasteiger partial charge in [0.2, 0.25) is 0 Å². The lowest BCUT2D eigenvalue weighted by molar-refractivity contribution is 0.0833. The third kappa shape index (κ3) is 2.43. The van der Waals surface area contributed by atoms with E-state index in [0.717, 1.165) is 11.0 Å². The van der Waals surface area contributed by atoms with E-state index in [-0.39, 0.29) is 5.66 Å². The third-order valence-corrected chi connectivity index (χ3v) is 5.26. The fraction of sp³-hybridized carbons (Fsp3) is 0.923. The second-order valence-electron chi connectivity index (χ2n) is 6.30. The van der Waals surface area contributed by atoms with Crippen LogP contribution in [0.1, 0.15) is 52.9 Å². The summed E-state index contributed by atoms with van der Waals surface area (Å²) in [7, 11) is 1.99. The second kappa shape index (κ2) is 4.39. The van der Waals surface area contributed by atoms with Crippen molar-refractivity contribution in [2.75, 3.05) is 7.05 Å². The maximum absolute atomic E-state index is 5.27. The maximum Gasteiger partial charge on any atom is 0.184 e. The molecule has 1 spiro atoms. The number of thiocarbonyl (C=S) groups is 1. The Morgan fingerprint density at radius 2 is 2.00 bits per heavy atom. The monoisotopic (exact) mass is 255 g/mol. The van der Waals surface area contributed by atoms with E-state index < -0.39 is 0 Å². The van der Waals surface area contributed by atoms with Crippen molar-refractivity contribution in [1.82, 2.24) is 15.8 Å². The topological polar surface area (TPSA) is 27.3 Å². The van der Waals surface area contributed by atoms with Crippen LogP contribution in [0.3, 0.4) is 0 Å². The molecule has 1 aliphatic heterocycles. The fourth-order valence-corrected chi connectivity index (χ4v) is 3.35. The Hall–Kier alpha value is -0.350. The Bertz CT molecular complexity index is 306. The molecule has 0 aromatic carbocycles. The Balaban J connectivity index is 1.97. The van der Waals surface area contributed by atoms with Crippen LogP contribution >= 0.6 is 12.2 Å². The average molecular weight is 255 g/mol. The third-order valence-electron chi connectivity index (χ3n) is 4.89. The van der Waals surface area contributed by atoms with Gasteiger partial charge in [-0.15, -0.1) is 0 Å². The molecule has 0 aromatic rings. The van der Waals surface area contributed by atoms with E-state index in [1.54, 1.807) is 0 Å². The van der Waals surface area contributed by atoms with Crippen molar-refractivity contribution < 1.29 is 0 Å². The van der Waals surface area contributed by atoms with Crippen molar-refractivity contribution in [3.63, 3.8) is 0 Å². The predicted molar refractivity (Wildman–Crippen MR) is 75.4 cm³/mol. The van der Waals surface area contributed by atoms with E-state index in [1.165, 1.54) is 32.1 Å². The van der Waals surface area contributed by atoms with Crippen molar-refractivity contribution in [2.45, 2.75) is 58.5 Å². The molecule has 1 saturated heterocycles. The number of nitrogens with one attached hydrogen (secondary N) is 2. The van der Waals surface area contributed by atoms with E-state index in [1.807, 2.05) is 12.1 Å². The van der Waals surface area contributed by atoms with Gasteiger partial charge in [0.25, 0.3) is 0 Å². The fourth-order valence-electron chi connectivity index (χ4n) is 3.11. The van der Waals surface area contributed by atoms with E-state index in [2.05, 4.69) is 31.5 Å². The first kappa shape index (κ1) is 13.1. The van der Waals surface area contributed by atoms with Crippen LogP contribution < -0.4 is 10.7 Å². The summed E-state index contributed by atoms with van der Waals surface area (Å²) in [4.78, 5) is 0. The molecule has 1 aliphatic carbocycles. The van der Waals surface area contributed by atoms with Crippen LogP contribution in [0.2, 0.25) is 0 Å². The molecule has 0 amide bonds.